The van der Waals surface area contributed by atoms with Gasteiger partial charge in [-0.05, 0) is 24.5 Å². The van der Waals surface area contributed by atoms with E-state index in [9.17, 15) is 0 Å². The van der Waals surface area contributed by atoms with Crippen LogP contribution < -0.4 is 0 Å². The van der Waals surface area contributed by atoms with E-state index in [1.165, 1.54) is 102 Å². The number of hydrogen-bond donors (Lipinski definition) is 0. The van der Waals surface area contributed by atoms with Crippen LogP contribution in [-0.2, 0) is 6.42 Å². The molecule has 1 rings (SSSR count). The first-order valence-electron chi connectivity index (χ1n) is 9.88. The Morgan fingerprint density at radius 1 is 0.682 bits per heavy atom. The Balaban J connectivity index is 1.73. The van der Waals surface area contributed by atoms with E-state index in [0.717, 1.165) is 0 Å². The van der Waals surface area contributed by atoms with Gasteiger partial charge in [0.05, 0.1) is 0 Å². The third-order valence-electron chi connectivity index (χ3n) is 4.59. The van der Waals surface area contributed by atoms with E-state index in [-0.39, 0.29) is 0 Å². The van der Waals surface area contributed by atoms with E-state index in [0.29, 0.717) is 0 Å². The van der Waals surface area contributed by atoms with Gasteiger partial charge in [-0.25, -0.2) is 0 Å². The number of rotatable bonds is 15. The summed E-state index contributed by atoms with van der Waals surface area (Å²) in [4.78, 5) is 0. The maximum atomic E-state index is 3.16. The van der Waals surface area contributed by atoms with Crippen molar-refractivity contribution in [1.82, 2.24) is 0 Å². The Labute approximate surface area is 139 Å². The number of aryl methyl sites for hydroxylation is 1. The van der Waals surface area contributed by atoms with Crippen molar-refractivity contribution in [2.24, 2.45) is 0 Å². The van der Waals surface area contributed by atoms with Crippen LogP contribution in [0.1, 0.15) is 102 Å². The molecule has 0 spiro atoms. The fourth-order valence-electron chi connectivity index (χ4n) is 3.11. The van der Waals surface area contributed by atoms with Crippen molar-refractivity contribution in [2.75, 3.05) is 0 Å². The molecule has 0 atom stereocenters. The first-order chi connectivity index (χ1) is 10.9. The second-order valence-corrected chi connectivity index (χ2v) is 6.76. The average Bonchev–Trinajstić information content (AvgIpc) is 2.56. The number of hydrogen-bond acceptors (Lipinski definition) is 0. The van der Waals surface area contributed by atoms with Gasteiger partial charge in [-0.2, -0.15) is 0 Å². The van der Waals surface area contributed by atoms with Crippen molar-refractivity contribution < 1.29 is 0 Å². The average molecular weight is 302 g/mol. The number of benzene rings is 1. The molecule has 0 aliphatic rings. The lowest BCUT2D eigenvalue weighted by Gasteiger charge is -2.03. The van der Waals surface area contributed by atoms with Gasteiger partial charge in [0.25, 0.3) is 0 Å². The minimum Gasteiger partial charge on any atom is -0.0654 e. The lowest BCUT2D eigenvalue weighted by molar-refractivity contribution is 0.535. The van der Waals surface area contributed by atoms with Gasteiger partial charge in [-0.1, -0.05) is 115 Å². The maximum Gasteiger partial charge on any atom is -0.0181 e. The molecule has 0 N–H and O–H groups in total. The summed E-state index contributed by atoms with van der Waals surface area (Å²) in [5.41, 5.74) is 1.45. The van der Waals surface area contributed by atoms with Crippen molar-refractivity contribution in [1.29, 1.82) is 0 Å². The highest BCUT2D eigenvalue weighted by atomic mass is 14.0. The minimum absolute atomic E-state index is 1.23. The summed E-state index contributed by atoms with van der Waals surface area (Å²) in [6.45, 7) is 2.29. The van der Waals surface area contributed by atoms with Gasteiger partial charge in [-0.3, -0.25) is 0 Å². The van der Waals surface area contributed by atoms with Crippen LogP contribution in [0.3, 0.4) is 0 Å². The van der Waals surface area contributed by atoms with Gasteiger partial charge in [0.2, 0.25) is 0 Å². The van der Waals surface area contributed by atoms with Crippen molar-refractivity contribution in [3.63, 3.8) is 0 Å². The molecule has 0 fully saturated rings. The third-order valence-corrected chi connectivity index (χ3v) is 4.59. The fraction of sp³-hybridized carbons (Fsp3) is 0.727. The molecule has 1 aromatic carbocycles. The van der Waals surface area contributed by atoms with Gasteiger partial charge in [0, 0.05) is 0 Å². The van der Waals surface area contributed by atoms with E-state index < -0.39 is 0 Å². The lowest BCUT2D eigenvalue weighted by atomic mass is 10.0. The van der Waals surface area contributed by atoms with Gasteiger partial charge in [0.15, 0.2) is 0 Å². The summed E-state index contributed by atoms with van der Waals surface area (Å²) < 4.78 is 0. The molecule has 0 aromatic heterocycles. The van der Waals surface area contributed by atoms with Gasteiger partial charge in [-0.15, -0.1) is 0 Å². The molecule has 0 saturated carbocycles. The molecule has 0 aliphatic carbocycles. The topological polar surface area (TPSA) is 0 Å². The van der Waals surface area contributed by atoms with E-state index in [4.69, 9.17) is 0 Å². The molecule has 1 radical (unpaired) electrons. The molecular formula is C22H37. The molecule has 0 saturated heterocycles. The summed E-state index contributed by atoms with van der Waals surface area (Å²) in [6, 6.07) is 11.6. The molecule has 125 valence electrons. The summed E-state index contributed by atoms with van der Waals surface area (Å²) >= 11 is 0. The van der Waals surface area contributed by atoms with Crippen molar-refractivity contribution in [3.05, 3.63) is 35.9 Å². The third kappa shape index (κ3) is 11.8. The van der Waals surface area contributed by atoms with Crippen molar-refractivity contribution >= 4 is 0 Å². The van der Waals surface area contributed by atoms with Gasteiger partial charge >= 0.3 is 0 Å². The van der Waals surface area contributed by atoms with Crippen LogP contribution in [-0.4, -0.2) is 0 Å². The molecule has 0 aliphatic heterocycles. The first-order valence-corrected chi connectivity index (χ1v) is 9.88. The van der Waals surface area contributed by atoms with Crippen LogP contribution >= 0.6 is 0 Å². The maximum absolute atomic E-state index is 3.16. The Morgan fingerprint density at radius 3 is 1.64 bits per heavy atom. The summed E-state index contributed by atoms with van der Waals surface area (Å²) in [5.74, 6) is 0. The molecule has 0 heteroatoms. The number of unbranched alkanes of at least 4 members (excludes halogenated alkanes) is 13. The Hall–Kier alpha value is -0.780. The zero-order valence-electron chi connectivity index (χ0n) is 14.9. The highest BCUT2D eigenvalue weighted by Crippen LogP contribution is 2.13. The Morgan fingerprint density at radius 2 is 1.18 bits per heavy atom. The largest absolute Gasteiger partial charge is 0.0654 e. The van der Waals surface area contributed by atoms with Crippen LogP contribution in [0.4, 0.5) is 0 Å². The molecule has 1 aromatic rings. The SMILES string of the molecule is CCCCCCCCCCCCCCCCc1c[c]ccc1. The zero-order chi connectivity index (χ0) is 15.7. The second-order valence-electron chi connectivity index (χ2n) is 6.76. The van der Waals surface area contributed by atoms with Crippen LogP contribution in [0.25, 0.3) is 0 Å². The van der Waals surface area contributed by atoms with E-state index in [2.05, 4.69) is 31.2 Å². The van der Waals surface area contributed by atoms with Crippen LogP contribution in [0, 0.1) is 6.07 Å². The Kier molecular flexibility index (Phi) is 13.2. The molecule has 22 heavy (non-hydrogen) atoms. The molecule has 0 nitrogen and oxygen atoms in total. The smallest absolute Gasteiger partial charge is 0.0181 e. The fourth-order valence-corrected chi connectivity index (χ4v) is 3.11. The summed E-state index contributed by atoms with van der Waals surface area (Å²) in [7, 11) is 0. The predicted octanol–water partition coefficient (Wildman–Crippen LogP) is 7.51. The minimum atomic E-state index is 1.23. The van der Waals surface area contributed by atoms with Crippen molar-refractivity contribution in [3.8, 4) is 0 Å². The highest BCUT2D eigenvalue weighted by Gasteiger charge is 1.95. The van der Waals surface area contributed by atoms with Crippen LogP contribution in [0.2, 0.25) is 0 Å². The van der Waals surface area contributed by atoms with Crippen LogP contribution in [0.15, 0.2) is 24.3 Å². The summed E-state index contributed by atoms with van der Waals surface area (Å²) in [5, 5.41) is 0. The predicted molar refractivity (Wildman–Crippen MR) is 99.3 cm³/mol. The molecule has 0 bridgehead atoms. The molecule has 0 amide bonds. The Bertz CT molecular complexity index is 314. The van der Waals surface area contributed by atoms with Gasteiger partial charge in [0.1, 0.15) is 0 Å². The summed E-state index contributed by atoms with van der Waals surface area (Å²) in [6.07, 6.45) is 21.3. The molecule has 0 unspecified atom stereocenters. The second kappa shape index (κ2) is 15.1. The first kappa shape index (κ1) is 19.3. The molecule has 0 heterocycles. The van der Waals surface area contributed by atoms with Crippen LogP contribution in [0.5, 0.6) is 0 Å². The van der Waals surface area contributed by atoms with Crippen molar-refractivity contribution in [2.45, 2.75) is 103 Å². The lowest BCUT2D eigenvalue weighted by Crippen LogP contribution is -1.86. The zero-order valence-corrected chi connectivity index (χ0v) is 14.9. The highest BCUT2D eigenvalue weighted by molar-refractivity contribution is 5.13. The van der Waals surface area contributed by atoms with Gasteiger partial charge < -0.3 is 0 Å². The monoisotopic (exact) mass is 301 g/mol. The van der Waals surface area contributed by atoms with E-state index in [1.54, 1.807) is 0 Å². The normalized spacial score (nSPS) is 11.0. The quantitative estimate of drug-likeness (QED) is 0.294. The standard InChI is InChI=1S/C22H37/c1-2-3-4-5-6-7-8-9-10-11-12-13-14-16-19-22-20-17-15-18-21-22/h15,17,20-21H,2-14,16,19H2,1H3. The van der Waals surface area contributed by atoms with E-state index >= 15 is 0 Å². The molecular weight excluding hydrogens is 264 g/mol. The van der Waals surface area contributed by atoms with E-state index in [1.807, 2.05) is 6.07 Å².